The molecule has 2 aromatic heterocycles. The first-order valence-electron chi connectivity index (χ1n) is 7.61. The molecule has 3 aromatic rings. The lowest BCUT2D eigenvalue weighted by molar-refractivity contribution is -0.123. The van der Waals surface area contributed by atoms with Crippen LogP contribution in [0.1, 0.15) is 10.4 Å². The highest BCUT2D eigenvalue weighted by Gasteiger charge is 2.17. The number of hydrogen-bond donors (Lipinski definition) is 1. The van der Waals surface area contributed by atoms with Crippen LogP contribution in [0.3, 0.4) is 0 Å². The lowest BCUT2D eigenvalue weighted by Crippen LogP contribution is -2.29. The van der Waals surface area contributed by atoms with Crippen molar-refractivity contribution in [2.75, 3.05) is 13.2 Å². The smallest absolute Gasteiger partial charge is 0.339 e. The third-order valence-electron chi connectivity index (χ3n) is 3.48. The molecule has 0 saturated carbocycles. The molecule has 0 unspecified atom stereocenters. The van der Waals surface area contributed by atoms with Crippen LogP contribution in [0.2, 0.25) is 4.34 Å². The Morgan fingerprint density at radius 2 is 2.08 bits per heavy atom. The van der Waals surface area contributed by atoms with Crippen molar-refractivity contribution in [1.29, 1.82) is 0 Å². The van der Waals surface area contributed by atoms with Crippen LogP contribution in [-0.2, 0) is 9.53 Å². The zero-order valence-electron chi connectivity index (χ0n) is 13.5. The van der Waals surface area contributed by atoms with Crippen LogP contribution in [0.15, 0.2) is 42.5 Å². The largest absolute Gasteiger partial charge is 0.452 e. The summed E-state index contributed by atoms with van der Waals surface area (Å²) in [6.45, 7) is -0.324. The second kappa shape index (κ2) is 8.00. The van der Waals surface area contributed by atoms with Gasteiger partial charge in [-0.2, -0.15) is 0 Å². The highest BCUT2D eigenvalue weighted by Crippen LogP contribution is 2.32. The zero-order chi connectivity index (χ0) is 18.5. The molecule has 0 saturated heterocycles. The van der Waals surface area contributed by atoms with Gasteiger partial charge in [0.2, 0.25) is 0 Å². The van der Waals surface area contributed by atoms with Crippen LogP contribution < -0.4 is 5.32 Å². The van der Waals surface area contributed by atoms with Crippen LogP contribution in [0.5, 0.6) is 0 Å². The summed E-state index contributed by atoms with van der Waals surface area (Å²) in [6, 6.07) is 12.5. The van der Waals surface area contributed by atoms with Crippen molar-refractivity contribution >= 4 is 45.7 Å². The third kappa shape index (κ3) is 4.02. The van der Waals surface area contributed by atoms with Gasteiger partial charge < -0.3 is 10.1 Å². The highest BCUT2D eigenvalue weighted by atomic mass is 35.5. The number of esters is 1. The Balaban J connectivity index is 1.92. The Hall–Kier alpha value is -2.88. The molecule has 5 nitrogen and oxygen atoms in total. The minimum atomic E-state index is -0.608. The van der Waals surface area contributed by atoms with E-state index in [1.807, 2.05) is 24.3 Å². The van der Waals surface area contributed by atoms with Crippen molar-refractivity contribution in [1.82, 2.24) is 10.3 Å². The summed E-state index contributed by atoms with van der Waals surface area (Å²) in [5.74, 6) is 1.21. The standard InChI is InChI=1S/C19H13ClN2O3S/c1-2-9-21-18(23)11-25-19(24)13-10-15(16-7-8-17(20)26-16)22-14-6-4-3-5-12(13)14/h1,3-8,10H,9,11H2,(H,21,23). The van der Waals surface area contributed by atoms with Crippen molar-refractivity contribution in [3.8, 4) is 22.9 Å². The molecule has 0 spiro atoms. The van der Waals surface area contributed by atoms with E-state index in [4.69, 9.17) is 22.8 Å². The SMILES string of the molecule is C#CCNC(=O)COC(=O)c1cc(-c2ccc(Cl)s2)nc2ccccc12. The predicted octanol–water partition coefficient (Wildman–Crippen LogP) is 3.52. The molecule has 0 atom stereocenters. The minimum absolute atomic E-state index is 0.0812. The van der Waals surface area contributed by atoms with Gasteiger partial charge in [0.15, 0.2) is 6.61 Å². The van der Waals surface area contributed by atoms with Gasteiger partial charge in [0.25, 0.3) is 5.91 Å². The summed E-state index contributed by atoms with van der Waals surface area (Å²) in [4.78, 5) is 29.5. The molecule has 1 N–H and O–H groups in total. The van der Waals surface area contributed by atoms with Gasteiger partial charge in [-0.25, -0.2) is 9.78 Å². The maximum Gasteiger partial charge on any atom is 0.339 e. The number of thiophene rings is 1. The molecular weight excluding hydrogens is 372 g/mol. The van der Waals surface area contributed by atoms with Gasteiger partial charge in [-0.05, 0) is 24.3 Å². The number of carbonyl (C=O) groups is 2. The van der Waals surface area contributed by atoms with Crippen LogP contribution in [-0.4, -0.2) is 30.0 Å². The van der Waals surface area contributed by atoms with E-state index in [0.717, 1.165) is 4.88 Å². The van der Waals surface area contributed by atoms with Crippen LogP contribution >= 0.6 is 22.9 Å². The van der Waals surface area contributed by atoms with Crippen LogP contribution in [0.25, 0.3) is 21.5 Å². The second-order valence-corrected chi connectivity index (χ2v) is 6.95. The molecule has 0 bridgehead atoms. The van der Waals surface area contributed by atoms with Crippen LogP contribution in [0, 0.1) is 12.3 Å². The summed E-state index contributed by atoms with van der Waals surface area (Å²) in [6.07, 6.45) is 5.07. The Kier molecular flexibility index (Phi) is 5.52. The van der Waals surface area contributed by atoms with E-state index in [9.17, 15) is 9.59 Å². The Labute approximate surface area is 159 Å². The molecule has 7 heteroatoms. The zero-order valence-corrected chi connectivity index (χ0v) is 15.1. The number of pyridine rings is 1. The van der Waals surface area contributed by atoms with E-state index in [2.05, 4.69) is 16.2 Å². The highest BCUT2D eigenvalue weighted by molar-refractivity contribution is 7.19. The lowest BCUT2D eigenvalue weighted by Gasteiger charge is -2.09. The first-order chi connectivity index (χ1) is 12.6. The fourth-order valence-electron chi connectivity index (χ4n) is 2.33. The minimum Gasteiger partial charge on any atom is -0.452 e. The molecule has 3 rings (SSSR count). The predicted molar refractivity (Wildman–Crippen MR) is 102 cm³/mol. The lowest BCUT2D eigenvalue weighted by atomic mass is 10.1. The van der Waals surface area contributed by atoms with Gasteiger partial charge in [-0.1, -0.05) is 35.7 Å². The number of ether oxygens (including phenoxy) is 1. The van der Waals surface area contributed by atoms with Gasteiger partial charge >= 0.3 is 5.97 Å². The molecule has 1 aromatic carbocycles. The van der Waals surface area contributed by atoms with Crippen molar-refractivity contribution in [2.45, 2.75) is 0 Å². The molecule has 1 amide bonds. The van der Waals surface area contributed by atoms with E-state index < -0.39 is 18.5 Å². The number of para-hydroxylation sites is 1. The number of fused-ring (bicyclic) bond motifs is 1. The number of halogens is 1. The molecule has 0 radical (unpaired) electrons. The molecule has 2 heterocycles. The molecule has 26 heavy (non-hydrogen) atoms. The topological polar surface area (TPSA) is 68.3 Å². The van der Waals surface area contributed by atoms with Crippen molar-refractivity contribution in [3.05, 3.63) is 52.4 Å². The quantitative estimate of drug-likeness (QED) is 0.539. The van der Waals surface area contributed by atoms with E-state index >= 15 is 0 Å². The Bertz CT molecular complexity index is 1020. The van der Waals surface area contributed by atoms with E-state index in [1.165, 1.54) is 11.3 Å². The number of aromatic nitrogens is 1. The first kappa shape index (κ1) is 17.9. The van der Waals surface area contributed by atoms with E-state index in [0.29, 0.717) is 26.5 Å². The van der Waals surface area contributed by atoms with Gasteiger partial charge in [0.05, 0.1) is 32.5 Å². The second-order valence-electron chi connectivity index (χ2n) is 5.23. The van der Waals surface area contributed by atoms with Gasteiger partial charge in [0, 0.05) is 5.39 Å². The number of nitrogens with zero attached hydrogens (tertiary/aromatic N) is 1. The van der Waals surface area contributed by atoms with Crippen molar-refractivity contribution in [2.24, 2.45) is 0 Å². The Morgan fingerprint density at radius 3 is 2.81 bits per heavy atom. The number of carbonyl (C=O) groups excluding carboxylic acids is 2. The average Bonchev–Trinajstić information content (AvgIpc) is 3.09. The van der Waals surface area contributed by atoms with Gasteiger partial charge in [-0.15, -0.1) is 17.8 Å². The van der Waals surface area contributed by atoms with Gasteiger partial charge in [0.1, 0.15) is 0 Å². The summed E-state index contributed by atoms with van der Waals surface area (Å²) >= 11 is 7.36. The van der Waals surface area contributed by atoms with E-state index in [1.54, 1.807) is 18.2 Å². The monoisotopic (exact) mass is 384 g/mol. The number of terminal acetylenes is 1. The number of benzene rings is 1. The molecular formula is C19H13ClN2O3S. The van der Waals surface area contributed by atoms with Gasteiger partial charge in [-0.3, -0.25) is 4.79 Å². The van der Waals surface area contributed by atoms with Crippen LogP contribution in [0.4, 0.5) is 0 Å². The normalized spacial score (nSPS) is 10.3. The number of hydrogen-bond acceptors (Lipinski definition) is 5. The molecule has 0 aliphatic carbocycles. The summed E-state index contributed by atoms with van der Waals surface area (Å²) in [7, 11) is 0. The third-order valence-corrected chi connectivity index (χ3v) is 4.74. The number of amides is 1. The summed E-state index contributed by atoms with van der Waals surface area (Å²) in [5.41, 5.74) is 1.60. The summed E-state index contributed by atoms with van der Waals surface area (Å²) < 4.78 is 5.75. The first-order valence-corrected chi connectivity index (χ1v) is 8.80. The number of rotatable bonds is 5. The average molecular weight is 385 g/mol. The fraction of sp³-hybridized carbons (Fsp3) is 0.105. The fourth-order valence-corrected chi connectivity index (χ4v) is 3.34. The Morgan fingerprint density at radius 1 is 1.27 bits per heavy atom. The molecule has 130 valence electrons. The van der Waals surface area contributed by atoms with Crippen molar-refractivity contribution < 1.29 is 14.3 Å². The van der Waals surface area contributed by atoms with E-state index in [-0.39, 0.29) is 6.54 Å². The maximum absolute atomic E-state index is 12.5. The number of nitrogens with one attached hydrogen (secondary N) is 1. The molecule has 0 fully saturated rings. The van der Waals surface area contributed by atoms with Crippen molar-refractivity contribution in [3.63, 3.8) is 0 Å². The maximum atomic E-state index is 12.5. The molecule has 0 aliphatic heterocycles. The molecule has 0 aliphatic rings. The summed E-state index contributed by atoms with van der Waals surface area (Å²) in [5, 5.41) is 3.08.